The molecule has 0 aliphatic heterocycles. The predicted molar refractivity (Wildman–Crippen MR) is 344 cm³/mol. The Morgan fingerprint density at radius 2 is 0.558 bits per heavy atom. The van der Waals surface area contributed by atoms with Crippen LogP contribution in [0.15, 0.2) is 0 Å². The molecule has 17 nitrogen and oxygen atoms in total. The Hall–Kier alpha value is -1.94. The van der Waals surface area contributed by atoms with Crippen molar-refractivity contribution in [1.29, 1.82) is 0 Å². The summed E-state index contributed by atoms with van der Waals surface area (Å²) in [5, 5.41) is 10.6. The maximum absolute atomic E-state index is 13.0. The van der Waals surface area contributed by atoms with Gasteiger partial charge in [-0.05, 0) is 49.4 Å². The summed E-state index contributed by atoms with van der Waals surface area (Å²) in [5.41, 5.74) is 0. The molecule has 0 aliphatic carbocycles. The maximum Gasteiger partial charge on any atom is 0.472 e. The molecule has 86 heavy (non-hydrogen) atoms. The van der Waals surface area contributed by atoms with Crippen LogP contribution < -0.4 is 0 Å². The van der Waals surface area contributed by atoms with Crippen molar-refractivity contribution in [2.24, 2.45) is 23.7 Å². The molecule has 0 aliphatic rings. The quantitative estimate of drug-likeness (QED) is 0.0222. The SMILES string of the molecule is CCC(C)CCCCCCCCCCCCC(=O)OC[C@H](COP(=O)(O)OCC(O)COP(=O)(O)OC[C@@H](COC(=O)CCCCCCCCCC(C)C)OC(=O)CCCCCCCCCCCC(C)C)OC(=O)CCCCCCCCCC(C)C. The van der Waals surface area contributed by atoms with Crippen LogP contribution >= 0.6 is 15.6 Å². The highest BCUT2D eigenvalue weighted by atomic mass is 31.2. The van der Waals surface area contributed by atoms with Crippen LogP contribution in [0.1, 0.15) is 325 Å². The highest BCUT2D eigenvalue weighted by molar-refractivity contribution is 7.47. The first-order chi connectivity index (χ1) is 41.1. The van der Waals surface area contributed by atoms with Gasteiger partial charge in [0.15, 0.2) is 12.2 Å². The molecule has 0 aromatic heterocycles. The zero-order valence-corrected chi connectivity index (χ0v) is 57.7. The molecule has 0 amide bonds. The first-order valence-electron chi connectivity index (χ1n) is 34.7. The lowest BCUT2D eigenvalue weighted by Crippen LogP contribution is -2.30. The Morgan fingerprint density at radius 1 is 0.326 bits per heavy atom. The number of phosphoric ester groups is 2. The molecule has 0 saturated carbocycles. The molecule has 3 N–H and O–H groups in total. The summed E-state index contributed by atoms with van der Waals surface area (Å²) in [6.07, 6.45) is 37.7. The molecule has 0 fully saturated rings. The molecule has 0 saturated heterocycles. The molecular weight excluding hydrogens is 1140 g/mol. The Kier molecular flexibility index (Phi) is 55.7. The fraction of sp³-hybridized carbons (Fsp3) is 0.940. The van der Waals surface area contributed by atoms with Crippen LogP contribution in [0.25, 0.3) is 0 Å². The zero-order valence-electron chi connectivity index (χ0n) is 55.9. The lowest BCUT2D eigenvalue weighted by molar-refractivity contribution is -0.161. The number of phosphoric acid groups is 2. The van der Waals surface area contributed by atoms with E-state index in [-0.39, 0.29) is 25.7 Å². The first kappa shape index (κ1) is 84.1. The first-order valence-corrected chi connectivity index (χ1v) is 37.7. The molecule has 0 rings (SSSR count). The number of unbranched alkanes of at least 4 members (excludes halogenated alkanes) is 29. The summed E-state index contributed by atoms with van der Waals surface area (Å²) in [4.78, 5) is 72.4. The lowest BCUT2D eigenvalue weighted by Gasteiger charge is -2.21. The number of esters is 4. The number of rotatable bonds is 64. The fourth-order valence-electron chi connectivity index (χ4n) is 9.93. The summed E-state index contributed by atoms with van der Waals surface area (Å²) in [7, 11) is -9.90. The third-order valence-corrected chi connectivity index (χ3v) is 17.6. The standard InChI is InChI=1S/C67H130O17P2/c1-9-60(8)46-38-30-22-14-10-11-15-23-31-39-47-64(69)77-53-63(84-67(72)50-42-34-26-18-21-29-37-45-59(6)7)56-82-86(75,76)80-52-61(68)51-79-85(73,74)81-55-62(54-78-65(70)48-40-32-25-17-20-28-36-44-58(4)5)83-66(71)49-41-33-24-16-12-13-19-27-35-43-57(2)3/h57-63,68H,9-56H2,1-8H3,(H,73,74)(H,75,76)/t60?,61?,62-,63-/m1/s1. The van der Waals surface area contributed by atoms with Gasteiger partial charge in [-0.15, -0.1) is 0 Å². The summed E-state index contributed by atoms with van der Waals surface area (Å²) in [6, 6.07) is 0. The van der Waals surface area contributed by atoms with Crippen molar-refractivity contribution < 1.29 is 80.2 Å². The van der Waals surface area contributed by atoms with Crippen LogP contribution in [0.3, 0.4) is 0 Å². The Morgan fingerprint density at radius 3 is 0.826 bits per heavy atom. The summed E-state index contributed by atoms with van der Waals surface area (Å²) in [6.45, 7) is 14.0. The number of carbonyl (C=O) groups excluding carboxylic acids is 4. The number of hydrogen-bond donors (Lipinski definition) is 3. The van der Waals surface area contributed by atoms with Crippen LogP contribution in [0, 0.1) is 23.7 Å². The molecule has 0 spiro atoms. The van der Waals surface area contributed by atoms with Crippen LogP contribution in [0.2, 0.25) is 0 Å². The van der Waals surface area contributed by atoms with Crippen LogP contribution in [-0.4, -0.2) is 96.7 Å². The summed E-state index contributed by atoms with van der Waals surface area (Å²) < 4.78 is 68.1. The fourth-order valence-corrected chi connectivity index (χ4v) is 11.5. The number of aliphatic hydroxyl groups excluding tert-OH is 1. The molecule has 4 unspecified atom stereocenters. The van der Waals surface area contributed by atoms with E-state index in [0.29, 0.717) is 37.5 Å². The molecule has 0 aromatic carbocycles. The number of hydrogen-bond acceptors (Lipinski definition) is 15. The van der Waals surface area contributed by atoms with Crippen molar-refractivity contribution in [2.45, 2.75) is 343 Å². The second kappa shape index (κ2) is 57.0. The molecule has 6 atom stereocenters. The van der Waals surface area contributed by atoms with E-state index in [0.717, 1.165) is 108 Å². The third kappa shape index (κ3) is 59.7. The van der Waals surface area contributed by atoms with Gasteiger partial charge in [0.2, 0.25) is 0 Å². The largest absolute Gasteiger partial charge is 0.472 e. The van der Waals surface area contributed by atoms with Gasteiger partial charge in [-0.2, -0.15) is 0 Å². The highest BCUT2D eigenvalue weighted by Gasteiger charge is 2.30. The van der Waals surface area contributed by atoms with E-state index in [1.807, 2.05) is 0 Å². The molecule has 510 valence electrons. The molecular formula is C67H130O17P2. The lowest BCUT2D eigenvalue weighted by atomic mass is 9.99. The van der Waals surface area contributed by atoms with E-state index >= 15 is 0 Å². The average molecular weight is 1270 g/mol. The van der Waals surface area contributed by atoms with Gasteiger partial charge < -0.3 is 33.8 Å². The predicted octanol–water partition coefficient (Wildman–Crippen LogP) is 18.5. The maximum atomic E-state index is 13.0. The average Bonchev–Trinajstić information content (AvgIpc) is 3.56. The van der Waals surface area contributed by atoms with Crippen molar-refractivity contribution in [2.75, 3.05) is 39.6 Å². The van der Waals surface area contributed by atoms with E-state index in [1.54, 1.807) is 0 Å². The number of aliphatic hydroxyl groups is 1. The Balaban J connectivity index is 5.24. The molecule has 0 bridgehead atoms. The van der Waals surface area contributed by atoms with Gasteiger partial charge in [-0.1, -0.05) is 274 Å². The van der Waals surface area contributed by atoms with Gasteiger partial charge in [-0.25, -0.2) is 9.13 Å². The van der Waals surface area contributed by atoms with Gasteiger partial charge in [0.1, 0.15) is 19.3 Å². The molecule has 0 radical (unpaired) electrons. The third-order valence-electron chi connectivity index (χ3n) is 15.7. The van der Waals surface area contributed by atoms with Crippen molar-refractivity contribution in [3.05, 3.63) is 0 Å². The second-order valence-electron chi connectivity index (χ2n) is 25.9. The van der Waals surface area contributed by atoms with E-state index in [9.17, 15) is 43.2 Å². The van der Waals surface area contributed by atoms with Gasteiger partial charge in [0, 0.05) is 25.7 Å². The highest BCUT2D eigenvalue weighted by Crippen LogP contribution is 2.45. The van der Waals surface area contributed by atoms with Crippen LogP contribution in [0.5, 0.6) is 0 Å². The minimum atomic E-state index is -4.95. The van der Waals surface area contributed by atoms with Crippen LogP contribution in [-0.2, 0) is 65.4 Å². The molecule has 0 aromatic rings. The van der Waals surface area contributed by atoms with E-state index in [4.69, 9.17) is 37.0 Å². The van der Waals surface area contributed by atoms with E-state index < -0.39 is 97.5 Å². The van der Waals surface area contributed by atoms with Crippen molar-refractivity contribution >= 4 is 39.5 Å². The van der Waals surface area contributed by atoms with E-state index in [2.05, 4.69) is 55.4 Å². The Bertz CT molecular complexity index is 1720. The number of carbonyl (C=O) groups is 4. The molecule has 19 heteroatoms. The van der Waals surface area contributed by atoms with E-state index in [1.165, 1.54) is 122 Å². The minimum absolute atomic E-state index is 0.103. The topological polar surface area (TPSA) is 237 Å². The van der Waals surface area contributed by atoms with Crippen LogP contribution in [0.4, 0.5) is 0 Å². The minimum Gasteiger partial charge on any atom is -0.462 e. The molecule has 0 heterocycles. The normalized spacial score (nSPS) is 14.7. The van der Waals surface area contributed by atoms with Crippen molar-refractivity contribution in [3.8, 4) is 0 Å². The van der Waals surface area contributed by atoms with Gasteiger partial charge in [-0.3, -0.25) is 37.3 Å². The van der Waals surface area contributed by atoms with Gasteiger partial charge >= 0.3 is 39.5 Å². The smallest absolute Gasteiger partial charge is 0.462 e. The number of ether oxygens (including phenoxy) is 4. The van der Waals surface area contributed by atoms with Crippen molar-refractivity contribution in [3.63, 3.8) is 0 Å². The summed E-state index contributed by atoms with van der Waals surface area (Å²) in [5.74, 6) is 0.810. The van der Waals surface area contributed by atoms with Crippen molar-refractivity contribution in [1.82, 2.24) is 0 Å². The zero-order chi connectivity index (χ0) is 63.9. The second-order valence-corrected chi connectivity index (χ2v) is 28.8. The Labute approximate surface area is 524 Å². The summed E-state index contributed by atoms with van der Waals surface area (Å²) >= 11 is 0. The van der Waals surface area contributed by atoms with Gasteiger partial charge in [0.25, 0.3) is 0 Å². The monoisotopic (exact) mass is 1270 g/mol. The van der Waals surface area contributed by atoms with Gasteiger partial charge in [0.05, 0.1) is 26.4 Å².